The molecule has 0 aromatic carbocycles. The van der Waals surface area contributed by atoms with Crippen molar-refractivity contribution in [3.8, 4) is 17.3 Å². The van der Waals surface area contributed by atoms with Gasteiger partial charge in [0.25, 0.3) is 0 Å². The van der Waals surface area contributed by atoms with E-state index in [-0.39, 0.29) is 5.95 Å². The first-order valence-electron chi connectivity index (χ1n) is 5.24. The smallest absolute Gasteiger partial charge is 0.220 e. The summed E-state index contributed by atoms with van der Waals surface area (Å²) in [6.45, 7) is 0. The summed E-state index contributed by atoms with van der Waals surface area (Å²) in [5.74, 6) is 0.198. The van der Waals surface area contributed by atoms with Gasteiger partial charge in [-0.05, 0) is 12.1 Å². The fourth-order valence-corrected chi connectivity index (χ4v) is 1.88. The first kappa shape index (κ1) is 10.2. The van der Waals surface area contributed by atoms with Crippen molar-refractivity contribution in [3.63, 3.8) is 0 Å². The number of nitrogens with two attached hydrogens (primary N) is 1. The van der Waals surface area contributed by atoms with Crippen LogP contribution in [0.15, 0.2) is 30.7 Å². The van der Waals surface area contributed by atoms with Gasteiger partial charge in [0.1, 0.15) is 5.65 Å². The zero-order valence-corrected chi connectivity index (χ0v) is 9.25. The lowest BCUT2D eigenvalue weighted by molar-refractivity contribution is 1.19. The summed E-state index contributed by atoms with van der Waals surface area (Å²) in [4.78, 5) is 15.2. The molecule has 0 aliphatic heterocycles. The Morgan fingerprint density at radius 2 is 2.06 bits per heavy atom. The molecule has 3 N–H and O–H groups in total. The maximum atomic E-state index is 9.13. The Morgan fingerprint density at radius 3 is 2.83 bits per heavy atom. The first-order valence-corrected chi connectivity index (χ1v) is 5.24. The number of rotatable bonds is 1. The van der Waals surface area contributed by atoms with Crippen LogP contribution in [-0.4, -0.2) is 19.9 Å². The number of pyridine rings is 1. The van der Waals surface area contributed by atoms with Crippen LogP contribution in [0.25, 0.3) is 22.3 Å². The van der Waals surface area contributed by atoms with Crippen molar-refractivity contribution in [3.05, 3.63) is 36.3 Å². The number of aromatic nitrogens is 4. The molecule has 0 bridgehead atoms. The van der Waals surface area contributed by atoms with Crippen LogP contribution in [0, 0.1) is 11.3 Å². The van der Waals surface area contributed by atoms with Gasteiger partial charge in [-0.1, -0.05) is 0 Å². The van der Waals surface area contributed by atoms with Gasteiger partial charge in [0.05, 0.1) is 17.3 Å². The van der Waals surface area contributed by atoms with E-state index in [9.17, 15) is 0 Å². The molecule has 0 unspecified atom stereocenters. The third-order valence-corrected chi connectivity index (χ3v) is 2.64. The third kappa shape index (κ3) is 1.46. The van der Waals surface area contributed by atoms with Gasteiger partial charge in [-0.25, -0.2) is 15.0 Å². The molecule has 6 heteroatoms. The Hall–Kier alpha value is -2.94. The highest BCUT2D eigenvalue weighted by Crippen LogP contribution is 2.28. The minimum absolute atomic E-state index is 0.198. The van der Waals surface area contributed by atoms with E-state index < -0.39 is 0 Å². The molecular weight excluding hydrogens is 228 g/mol. The molecule has 0 saturated carbocycles. The van der Waals surface area contributed by atoms with Crippen LogP contribution in [-0.2, 0) is 0 Å². The number of nitrogen functional groups attached to an aromatic ring is 1. The molecule has 0 radical (unpaired) electrons. The number of H-pyrrole nitrogens is 1. The molecule has 0 amide bonds. The van der Waals surface area contributed by atoms with Crippen LogP contribution in [0.3, 0.4) is 0 Å². The number of aromatic amines is 1. The van der Waals surface area contributed by atoms with Crippen molar-refractivity contribution >= 4 is 17.0 Å². The van der Waals surface area contributed by atoms with Gasteiger partial charge < -0.3 is 10.7 Å². The quantitative estimate of drug-likeness (QED) is 0.665. The average molecular weight is 236 g/mol. The molecular formula is C12H8N6. The van der Waals surface area contributed by atoms with Crippen molar-refractivity contribution in [1.29, 1.82) is 5.26 Å². The summed E-state index contributed by atoms with van der Waals surface area (Å²) in [6.07, 6.45) is 4.94. The Morgan fingerprint density at radius 1 is 1.22 bits per heavy atom. The molecule has 0 fully saturated rings. The van der Waals surface area contributed by atoms with Gasteiger partial charge in [-0.3, -0.25) is 0 Å². The molecule has 0 spiro atoms. The topological polar surface area (TPSA) is 104 Å². The van der Waals surface area contributed by atoms with Crippen LogP contribution in [0.4, 0.5) is 5.95 Å². The number of hydrogen-bond donors (Lipinski definition) is 2. The fourth-order valence-electron chi connectivity index (χ4n) is 1.88. The lowest BCUT2D eigenvalue weighted by Gasteiger charge is -2.00. The zero-order valence-electron chi connectivity index (χ0n) is 9.25. The highest BCUT2D eigenvalue weighted by Gasteiger charge is 2.12. The van der Waals surface area contributed by atoms with E-state index in [1.54, 1.807) is 30.7 Å². The van der Waals surface area contributed by atoms with Crippen LogP contribution in [0.5, 0.6) is 0 Å². The molecule has 18 heavy (non-hydrogen) atoms. The highest BCUT2D eigenvalue weighted by molar-refractivity contribution is 5.96. The van der Waals surface area contributed by atoms with E-state index in [2.05, 4.69) is 26.0 Å². The van der Waals surface area contributed by atoms with Crippen molar-refractivity contribution in [2.75, 3.05) is 5.73 Å². The molecule has 0 aliphatic rings. The molecule has 0 atom stereocenters. The van der Waals surface area contributed by atoms with Crippen molar-refractivity contribution in [1.82, 2.24) is 19.9 Å². The molecule has 6 nitrogen and oxygen atoms in total. The predicted octanol–water partition coefficient (Wildman–Crippen LogP) is 1.47. The normalized spacial score (nSPS) is 10.4. The maximum absolute atomic E-state index is 9.13. The molecule has 3 rings (SSSR count). The van der Waals surface area contributed by atoms with Crippen LogP contribution in [0.1, 0.15) is 5.56 Å². The van der Waals surface area contributed by atoms with Gasteiger partial charge in [0.15, 0.2) is 0 Å². The van der Waals surface area contributed by atoms with Gasteiger partial charge in [-0.2, -0.15) is 5.26 Å². The summed E-state index contributed by atoms with van der Waals surface area (Å²) >= 11 is 0. The summed E-state index contributed by atoms with van der Waals surface area (Å²) in [7, 11) is 0. The van der Waals surface area contributed by atoms with Gasteiger partial charge >= 0.3 is 0 Å². The lowest BCUT2D eigenvalue weighted by atomic mass is 10.1. The summed E-state index contributed by atoms with van der Waals surface area (Å²) < 4.78 is 0. The SMILES string of the molecule is N#Cc1ccnc2[nH]cc(-c3ccnc(N)n3)c12. The minimum Gasteiger partial charge on any atom is -0.368 e. The van der Waals surface area contributed by atoms with Gasteiger partial charge in [-0.15, -0.1) is 0 Å². The number of fused-ring (bicyclic) bond motifs is 1. The number of nitrogens with one attached hydrogen (secondary N) is 1. The minimum atomic E-state index is 0.198. The average Bonchev–Trinajstić information content (AvgIpc) is 2.82. The molecule has 3 aromatic heterocycles. The van der Waals surface area contributed by atoms with E-state index in [0.717, 1.165) is 10.9 Å². The molecule has 3 aromatic rings. The number of nitriles is 1. The maximum Gasteiger partial charge on any atom is 0.220 e. The second kappa shape index (κ2) is 3.82. The summed E-state index contributed by atoms with van der Waals surface area (Å²) in [5.41, 5.74) is 8.23. The van der Waals surface area contributed by atoms with Crippen molar-refractivity contribution in [2.45, 2.75) is 0 Å². The Balaban J connectivity index is 2.34. The Labute approximate surface area is 102 Å². The molecule has 3 heterocycles. The first-order chi connectivity index (χ1) is 8.79. The van der Waals surface area contributed by atoms with Gasteiger partial charge in [0.2, 0.25) is 5.95 Å². The number of nitrogens with zero attached hydrogens (tertiary/aromatic N) is 4. The highest BCUT2D eigenvalue weighted by atomic mass is 15.0. The molecule has 86 valence electrons. The van der Waals surface area contributed by atoms with E-state index in [1.807, 2.05) is 0 Å². The van der Waals surface area contributed by atoms with Crippen molar-refractivity contribution in [2.24, 2.45) is 0 Å². The Kier molecular flexibility index (Phi) is 2.17. The van der Waals surface area contributed by atoms with E-state index in [4.69, 9.17) is 11.0 Å². The fraction of sp³-hybridized carbons (Fsp3) is 0. The zero-order chi connectivity index (χ0) is 12.5. The van der Waals surface area contributed by atoms with E-state index in [0.29, 0.717) is 16.9 Å². The molecule has 0 aliphatic carbocycles. The Bertz CT molecular complexity index is 768. The van der Waals surface area contributed by atoms with Crippen LogP contribution < -0.4 is 5.73 Å². The standard InChI is InChI=1S/C12H8N6/c13-5-7-1-3-15-11-10(7)8(6-17-11)9-2-4-16-12(14)18-9/h1-4,6H,(H,15,17)(H2,14,16,18). The lowest BCUT2D eigenvalue weighted by Crippen LogP contribution is -1.95. The second-order valence-corrected chi connectivity index (χ2v) is 3.70. The summed E-state index contributed by atoms with van der Waals surface area (Å²) in [6, 6.07) is 5.56. The number of hydrogen-bond acceptors (Lipinski definition) is 5. The second-order valence-electron chi connectivity index (χ2n) is 3.70. The summed E-state index contributed by atoms with van der Waals surface area (Å²) in [5, 5.41) is 9.88. The van der Waals surface area contributed by atoms with Gasteiger partial charge in [0, 0.05) is 29.5 Å². The predicted molar refractivity (Wildman–Crippen MR) is 66.2 cm³/mol. The monoisotopic (exact) mass is 236 g/mol. The number of anilines is 1. The van der Waals surface area contributed by atoms with E-state index >= 15 is 0 Å². The third-order valence-electron chi connectivity index (χ3n) is 2.64. The molecule has 0 saturated heterocycles. The van der Waals surface area contributed by atoms with E-state index in [1.165, 1.54) is 0 Å². The van der Waals surface area contributed by atoms with Crippen molar-refractivity contribution < 1.29 is 0 Å². The largest absolute Gasteiger partial charge is 0.368 e. The van der Waals surface area contributed by atoms with Crippen LogP contribution >= 0.6 is 0 Å². The van der Waals surface area contributed by atoms with Crippen LogP contribution in [0.2, 0.25) is 0 Å².